The second-order valence-electron chi connectivity index (χ2n) is 7.92. The Morgan fingerprint density at radius 1 is 1.12 bits per heavy atom. The number of amides is 1. The van der Waals surface area contributed by atoms with Crippen LogP contribution in [-0.2, 0) is 20.6 Å². The van der Waals surface area contributed by atoms with E-state index in [1.807, 2.05) is 43.6 Å². The molecule has 0 unspecified atom stereocenters. The maximum Gasteiger partial charge on any atom is 0.274 e. The Hall–Kier alpha value is -2.37. The molecule has 26 heavy (non-hydrogen) atoms. The summed E-state index contributed by atoms with van der Waals surface area (Å²) < 4.78 is 3.62. The summed E-state index contributed by atoms with van der Waals surface area (Å²) in [5.41, 5.74) is 3.55. The van der Waals surface area contributed by atoms with Crippen LogP contribution in [0.25, 0.3) is 0 Å². The number of hydrogen-bond donors (Lipinski definition) is 0. The van der Waals surface area contributed by atoms with Gasteiger partial charge in [-0.05, 0) is 56.6 Å². The van der Waals surface area contributed by atoms with Gasteiger partial charge in [0.2, 0.25) is 0 Å². The standard InChI is InChI=1S/C20H27N5O/c1-13-7-18(21-23(13)3)12-25(11-17-10-15-5-6-16(17)9-15)20(26)19-8-14(2)24(4)22-19/h5-8,15-17H,9-12H2,1-4H3/t15-,16+,17+/m1/s1. The number of rotatable bonds is 5. The van der Waals surface area contributed by atoms with E-state index in [-0.39, 0.29) is 5.91 Å². The van der Waals surface area contributed by atoms with Gasteiger partial charge in [0.25, 0.3) is 5.91 Å². The second kappa shape index (κ2) is 6.41. The van der Waals surface area contributed by atoms with Crippen LogP contribution in [0, 0.1) is 31.6 Å². The van der Waals surface area contributed by atoms with Crippen LogP contribution < -0.4 is 0 Å². The Labute approximate surface area is 154 Å². The molecule has 2 aromatic heterocycles. The van der Waals surface area contributed by atoms with E-state index in [2.05, 4.69) is 28.4 Å². The minimum absolute atomic E-state index is 0.00348. The number of nitrogens with zero attached hydrogens (tertiary/aromatic N) is 5. The molecule has 1 amide bonds. The number of carbonyl (C=O) groups is 1. The van der Waals surface area contributed by atoms with E-state index in [9.17, 15) is 4.79 Å². The third kappa shape index (κ3) is 3.08. The molecule has 3 atom stereocenters. The average Bonchev–Trinajstić information content (AvgIpc) is 3.34. The third-order valence-corrected chi connectivity index (χ3v) is 6.01. The fourth-order valence-electron chi connectivity index (χ4n) is 4.34. The molecule has 138 valence electrons. The lowest BCUT2D eigenvalue weighted by Gasteiger charge is -2.27. The van der Waals surface area contributed by atoms with Crippen LogP contribution in [-0.4, -0.2) is 36.9 Å². The van der Waals surface area contributed by atoms with E-state index in [1.165, 1.54) is 12.8 Å². The van der Waals surface area contributed by atoms with Crippen molar-refractivity contribution in [3.8, 4) is 0 Å². The number of allylic oxidation sites excluding steroid dienone is 2. The van der Waals surface area contributed by atoms with Gasteiger partial charge in [-0.15, -0.1) is 0 Å². The first-order valence-electron chi connectivity index (χ1n) is 9.38. The first kappa shape index (κ1) is 17.1. The molecule has 2 aliphatic carbocycles. The summed E-state index contributed by atoms with van der Waals surface area (Å²) in [6.07, 6.45) is 7.13. The lowest BCUT2D eigenvalue weighted by atomic mass is 9.93. The van der Waals surface area contributed by atoms with Gasteiger partial charge >= 0.3 is 0 Å². The minimum atomic E-state index is 0.00348. The molecule has 4 rings (SSSR count). The molecule has 1 fully saturated rings. The molecule has 6 heteroatoms. The maximum atomic E-state index is 13.2. The van der Waals surface area contributed by atoms with Crippen molar-refractivity contribution in [1.29, 1.82) is 0 Å². The SMILES string of the molecule is Cc1cc(CN(C[C@@H]2C[C@@H]3C=C[C@H]2C3)C(=O)c2cc(C)n(C)n2)nn1C. The molecule has 0 N–H and O–H groups in total. The Kier molecular flexibility index (Phi) is 4.21. The molecule has 2 aliphatic rings. The Morgan fingerprint density at radius 2 is 1.85 bits per heavy atom. The largest absolute Gasteiger partial charge is 0.331 e. The predicted molar refractivity (Wildman–Crippen MR) is 99.5 cm³/mol. The van der Waals surface area contributed by atoms with Gasteiger partial charge in [-0.1, -0.05) is 12.2 Å². The minimum Gasteiger partial charge on any atom is -0.331 e. The van der Waals surface area contributed by atoms with Crippen molar-refractivity contribution < 1.29 is 4.79 Å². The van der Waals surface area contributed by atoms with Crippen molar-refractivity contribution in [2.24, 2.45) is 31.8 Å². The summed E-state index contributed by atoms with van der Waals surface area (Å²) in [4.78, 5) is 15.1. The Balaban J connectivity index is 1.57. The molecular formula is C20H27N5O. The quantitative estimate of drug-likeness (QED) is 0.777. The van der Waals surface area contributed by atoms with E-state index in [0.717, 1.165) is 23.6 Å². The van der Waals surface area contributed by atoms with E-state index < -0.39 is 0 Å². The van der Waals surface area contributed by atoms with Crippen molar-refractivity contribution >= 4 is 5.91 Å². The normalized spacial score (nSPS) is 23.8. The molecule has 2 bridgehead atoms. The van der Waals surface area contributed by atoms with Crippen LogP contribution in [0.4, 0.5) is 0 Å². The number of aryl methyl sites for hydroxylation is 4. The second-order valence-corrected chi connectivity index (χ2v) is 7.92. The summed E-state index contributed by atoms with van der Waals surface area (Å²) in [6.45, 7) is 5.31. The van der Waals surface area contributed by atoms with Crippen molar-refractivity contribution in [2.75, 3.05) is 6.54 Å². The van der Waals surface area contributed by atoms with E-state index in [4.69, 9.17) is 0 Å². The van der Waals surface area contributed by atoms with E-state index in [1.54, 1.807) is 4.68 Å². The van der Waals surface area contributed by atoms with Gasteiger partial charge in [0, 0.05) is 32.0 Å². The molecule has 0 radical (unpaired) electrons. The number of fused-ring (bicyclic) bond motifs is 2. The van der Waals surface area contributed by atoms with Gasteiger partial charge in [0.15, 0.2) is 5.69 Å². The van der Waals surface area contributed by atoms with E-state index >= 15 is 0 Å². The van der Waals surface area contributed by atoms with Gasteiger partial charge in [0.1, 0.15) is 0 Å². The fourth-order valence-corrected chi connectivity index (χ4v) is 4.34. The van der Waals surface area contributed by atoms with Crippen molar-refractivity contribution in [1.82, 2.24) is 24.5 Å². The van der Waals surface area contributed by atoms with Gasteiger partial charge < -0.3 is 4.90 Å². The Bertz CT molecular complexity index is 823. The van der Waals surface area contributed by atoms with Gasteiger partial charge in [-0.25, -0.2) is 0 Å². The summed E-state index contributed by atoms with van der Waals surface area (Å²) in [5, 5.41) is 8.96. The van der Waals surface area contributed by atoms with Crippen molar-refractivity contribution in [2.45, 2.75) is 33.2 Å². The number of carbonyl (C=O) groups excluding carboxylic acids is 1. The zero-order valence-corrected chi connectivity index (χ0v) is 16.0. The van der Waals surface area contributed by atoms with Crippen LogP contribution in [0.5, 0.6) is 0 Å². The molecule has 0 aliphatic heterocycles. The number of aromatic nitrogens is 4. The lowest BCUT2D eigenvalue weighted by Crippen LogP contribution is -2.36. The topological polar surface area (TPSA) is 56.0 Å². The van der Waals surface area contributed by atoms with Crippen LogP contribution in [0.1, 0.15) is 40.4 Å². The average molecular weight is 353 g/mol. The van der Waals surface area contributed by atoms with Crippen molar-refractivity contribution in [3.63, 3.8) is 0 Å². The first-order chi connectivity index (χ1) is 12.4. The Morgan fingerprint density at radius 3 is 2.38 bits per heavy atom. The summed E-state index contributed by atoms with van der Waals surface area (Å²) in [6, 6.07) is 3.93. The highest BCUT2D eigenvalue weighted by molar-refractivity contribution is 5.92. The monoisotopic (exact) mass is 353 g/mol. The molecule has 0 spiro atoms. The third-order valence-electron chi connectivity index (χ3n) is 6.01. The zero-order valence-electron chi connectivity index (χ0n) is 16.0. The molecule has 0 saturated heterocycles. The highest BCUT2D eigenvalue weighted by Crippen LogP contribution is 2.43. The molecule has 6 nitrogen and oxygen atoms in total. The molecular weight excluding hydrogens is 326 g/mol. The van der Waals surface area contributed by atoms with Crippen LogP contribution in [0.2, 0.25) is 0 Å². The summed E-state index contributed by atoms with van der Waals surface area (Å²) >= 11 is 0. The molecule has 0 aromatic carbocycles. The summed E-state index contributed by atoms with van der Waals surface area (Å²) in [7, 11) is 3.81. The van der Waals surface area contributed by atoms with Gasteiger partial charge in [-0.2, -0.15) is 10.2 Å². The molecule has 2 aromatic rings. The first-order valence-corrected chi connectivity index (χ1v) is 9.38. The smallest absolute Gasteiger partial charge is 0.274 e. The highest BCUT2D eigenvalue weighted by atomic mass is 16.2. The van der Waals surface area contributed by atoms with Gasteiger partial charge in [0.05, 0.1) is 12.2 Å². The number of hydrogen-bond acceptors (Lipinski definition) is 3. The molecule has 1 saturated carbocycles. The van der Waals surface area contributed by atoms with Crippen LogP contribution in [0.3, 0.4) is 0 Å². The van der Waals surface area contributed by atoms with Gasteiger partial charge in [-0.3, -0.25) is 14.2 Å². The van der Waals surface area contributed by atoms with Crippen LogP contribution >= 0.6 is 0 Å². The lowest BCUT2D eigenvalue weighted by molar-refractivity contribution is 0.0695. The maximum absolute atomic E-state index is 13.2. The molecule has 2 heterocycles. The van der Waals surface area contributed by atoms with Crippen LogP contribution in [0.15, 0.2) is 24.3 Å². The van der Waals surface area contributed by atoms with Crippen molar-refractivity contribution in [3.05, 3.63) is 47.1 Å². The zero-order chi connectivity index (χ0) is 18.4. The highest BCUT2D eigenvalue weighted by Gasteiger charge is 2.37. The summed E-state index contributed by atoms with van der Waals surface area (Å²) in [5.74, 6) is 1.87. The van der Waals surface area contributed by atoms with E-state index in [0.29, 0.717) is 30.0 Å². The fraction of sp³-hybridized carbons (Fsp3) is 0.550. The predicted octanol–water partition coefficient (Wildman–Crippen LogP) is 2.63.